The van der Waals surface area contributed by atoms with Crippen molar-refractivity contribution in [3.05, 3.63) is 93.0 Å². The number of aromatic amines is 1. The molecule has 0 aliphatic heterocycles. The molecule has 3 aromatic carbocycles. The summed E-state index contributed by atoms with van der Waals surface area (Å²) in [6.45, 7) is 3.01. The number of carbonyl (C=O) groups is 1. The number of hydrogen-bond acceptors (Lipinski definition) is 4. The summed E-state index contributed by atoms with van der Waals surface area (Å²) in [6.07, 6.45) is 2.23. The second kappa shape index (κ2) is 11.6. The molecule has 0 aliphatic carbocycles. The summed E-state index contributed by atoms with van der Waals surface area (Å²) in [5.74, 6) is 0.248. The van der Waals surface area contributed by atoms with Crippen molar-refractivity contribution in [1.82, 2.24) is 10.3 Å². The number of aromatic nitrogens is 1. The zero-order chi connectivity index (χ0) is 24.8. The highest BCUT2D eigenvalue weighted by Gasteiger charge is 2.20. The number of carboxylic acid groups (broad SMARTS) is 1. The maximum absolute atomic E-state index is 12.0. The number of aliphatic carboxylic acids is 1. The van der Waals surface area contributed by atoms with E-state index in [1.807, 2.05) is 73.8 Å². The Bertz CT molecular complexity index is 1320. The van der Waals surface area contributed by atoms with E-state index in [9.17, 15) is 9.90 Å². The van der Waals surface area contributed by atoms with Crippen molar-refractivity contribution in [3.8, 4) is 11.5 Å². The summed E-state index contributed by atoms with van der Waals surface area (Å²) < 4.78 is 12.6. The summed E-state index contributed by atoms with van der Waals surface area (Å²) in [4.78, 5) is 15.2. The Morgan fingerprint density at radius 1 is 1.11 bits per heavy atom. The molecule has 0 saturated carbocycles. The van der Waals surface area contributed by atoms with Gasteiger partial charge in [0, 0.05) is 40.7 Å². The fourth-order valence-electron chi connectivity index (χ4n) is 3.90. The molecular weight excluding hydrogens is 532 g/mol. The maximum atomic E-state index is 12.0. The van der Waals surface area contributed by atoms with Gasteiger partial charge in [-0.3, -0.25) is 4.79 Å². The van der Waals surface area contributed by atoms with Gasteiger partial charge in [0.15, 0.2) is 11.5 Å². The van der Waals surface area contributed by atoms with Crippen LogP contribution in [0.3, 0.4) is 0 Å². The Labute approximate surface area is 217 Å². The largest absolute Gasteiger partial charge is 0.490 e. The third kappa shape index (κ3) is 6.17. The van der Waals surface area contributed by atoms with Crippen LogP contribution < -0.4 is 14.8 Å². The van der Waals surface area contributed by atoms with Crippen molar-refractivity contribution in [3.63, 3.8) is 0 Å². The molecule has 6 nitrogen and oxygen atoms in total. The van der Waals surface area contributed by atoms with Gasteiger partial charge in [-0.15, -0.1) is 0 Å². The molecule has 3 N–H and O–H groups in total. The molecule has 0 saturated heterocycles. The lowest BCUT2D eigenvalue weighted by Crippen LogP contribution is -2.38. The second-order valence-electron chi connectivity index (χ2n) is 8.05. The smallest absolute Gasteiger partial charge is 0.321 e. The van der Waals surface area contributed by atoms with Crippen LogP contribution in [0.25, 0.3) is 10.9 Å². The summed E-state index contributed by atoms with van der Waals surface area (Å²) in [6, 6.07) is 18.4. The van der Waals surface area contributed by atoms with E-state index in [1.54, 1.807) is 0 Å². The van der Waals surface area contributed by atoms with E-state index < -0.39 is 12.0 Å². The third-order valence-electron chi connectivity index (χ3n) is 5.65. The summed E-state index contributed by atoms with van der Waals surface area (Å²) in [5.41, 5.74) is 3.69. The summed E-state index contributed by atoms with van der Waals surface area (Å²) in [7, 11) is 0. The van der Waals surface area contributed by atoms with E-state index in [0.29, 0.717) is 42.7 Å². The molecule has 35 heavy (non-hydrogen) atoms. The van der Waals surface area contributed by atoms with E-state index in [4.69, 9.17) is 21.1 Å². The van der Waals surface area contributed by atoms with Gasteiger partial charge >= 0.3 is 5.97 Å². The summed E-state index contributed by atoms with van der Waals surface area (Å²) in [5, 5.41) is 14.7. The van der Waals surface area contributed by atoms with Gasteiger partial charge in [0.1, 0.15) is 12.6 Å². The third-order valence-corrected chi connectivity index (χ3v) is 6.61. The van der Waals surface area contributed by atoms with Crippen LogP contribution >= 0.6 is 27.5 Å². The molecule has 0 spiro atoms. The molecular formula is C27H26BrClN2O4. The van der Waals surface area contributed by atoms with Crippen LogP contribution in [0.5, 0.6) is 11.5 Å². The van der Waals surface area contributed by atoms with Gasteiger partial charge in [-0.05, 0) is 58.2 Å². The number of ether oxygens (including phenoxy) is 2. The maximum Gasteiger partial charge on any atom is 0.321 e. The number of benzene rings is 3. The van der Waals surface area contributed by atoms with Crippen molar-refractivity contribution in [1.29, 1.82) is 0 Å². The Hall–Kier alpha value is -3.00. The van der Waals surface area contributed by atoms with Gasteiger partial charge in [-0.2, -0.15) is 0 Å². The number of hydrogen-bond donors (Lipinski definition) is 3. The fourth-order valence-corrected chi connectivity index (χ4v) is 4.69. The van der Waals surface area contributed by atoms with Crippen LogP contribution in [0.4, 0.5) is 0 Å². The lowest BCUT2D eigenvalue weighted by Gasteiger charge is -2.18. The van der Waals surface area contributed by atoms with Crippen LogP contribution in [0.1, 0.15) is 23.6 Å². The first-order chi connectivity index (χ1) is 17.0. The van der Waals surface area contributed by atoms with E-state index in [0.717, 1.165) is 32.1 Å². The van der Waals surface area contributed by atoms with Crippen LogP contribution in [-0.4, -0.2) is 28.7 Å². The molecule has 0 fully saturated rings. The highest BCUT2D eigenvalue weighted by atomic mass is 79.9. The normalized spacial score (nSPS) is 12.0. The quantitative estimate of drug-likeness (QED) is 0.200. The molecule has 182 valence electrons. The number of rotatable bonds is 11. The van der Waals surface area contributed by atoms with E-state index in [-0.39, 0.29) is 0 Å². The lowest BCUT2D eigenvalue weighted by atomic mass is 10.0. The van der Waals surface area contributed by atoms with Crippen LogP contribution in [0.15, 0.2) is 71.3 Å². The van der Waals surface area contributed by atoms with Gasteiger partial charge < -0.3 is 24.9 Å². The average Bonchev–Trinajstić information content (AvgIpc) is 3.25. The minimum Gasteiger partial charge on any atom is -0.490 e. The zero-order valence-electron chi connectivity index (χ0n) is 19.2. The number of halogens is 2. The van der Waals surface area contributed by atoms with Gasteiger partial charge in [0.2, 0.25) is 0 Å². The zero-order valence-corrected chi connectivity index (χ0v) is 21.5. The molecule has 0 radical (unpaired) electrons. The molecule has 4 aromatic rings. The molecule has 0 amide bonds. The van der Waals surface area contributed by atoms with Crippen molar-refractivity contribution in [2.45, 2.75) is 32.5 Å². The van der Waals surface area contributed by atoms with Crippen LogP contribution in [0.2, 0.25) is 5.02 Å². The lowest BCUT2D eigenvalue weighted by molar-refractivity contribution is -0.139. The van der Waals surface area contributed by atoms with Crippen molar-refractivity contribution in [2.75, 3.05) is 6.61 Å². The first-order valence-electron chi connectivity index (χ1n) is 11.3. The van der Waals surface area contributed by atoms with Gasteiger partial charge in [0.25, 0.3) is 0 Å². The van der Waals surface area contributed by atoms with E-state index in [1.165, 1.54) is 0 Å². The van der Waals surface area contributed by atoms with Crippen molar-refractivity contribution < 1.29 is 19.4 Å². The highest BCUT2D eigenvalue weighted by Crippen LogP contribution is 2.38. The average molecular weight is 558 g/mol. The summed E-state index contributed by atoms with van der Waals surface area (Å²) >= 11 is 9.84. The molecule has 8 heteroatoms. The number of H-pyrrole nitrogens is 1. The highest BCUT2D eigenvalue weighted by molar-refractivity contribution is 9.10. The Kier molecular flexibility index (Phi) is 8.33. The molecule has 1 unspecified atom stereocenters. The van der Waals surface area contributed by atoms with Crippen molar-refractivity contribution >= 4 is 44.4 Å². The Balaban J connectivity index is 1.48. The predicted octanol–water partition coefficient (Wildman–Crippen LogP) is 6.35. The minimum absolute atomic E-state index is 0.293. The Morgan fingerprint density at radius 2 is 1.89 bits per heavy atom. The monoisotopic (exact) mass is 556 g/mol. The first kappa shape index (κ1) is 25.1. The SMILES string of the molecule is CCOc1cc(CNC(Cc2c[nH]c3ccccc23)C(=O)O)cc(Br)c1OCc1ccccc1Cl. The molecule has 0 bridgehead atoms. The standard InChI is InChI=1S/C27H26BrClN2O4/c1-2-34-25-12-17(11-21(28)26(25)35-16-18-7-3-5-9-22(18)29)14-30-24(27(32)33)13-19-15-31-23-10-6-4-8-20(19)23/h3-12,15,24,30-31H,2,13-14,16H2,1H3,(H,32,33). The van der Waals surface area contributed by atoms with Gasteiger partial charge in [-0.1, -0.05) is 48.0 Å². The number of para-hydroxylation sites is 1. The molecule has 1 heterocycles. The fraction of sp³-hybridized carbons (Fsp3) is 0.222. The number of carboxylic acids is 1. The molecule has 4 rings (SSSR count). The Morgan fingerprint density at radius 3 is 2.66 bits per heavy atom. The van der Waals surface area contributed by atoms with Crippen LogP contribution in [0, 0.1) is 0 Å². The minimum atomic E-state index is -0.904. The second-order valence-corrected chi connectivity index (χ2v) is 9.31. The van der Waals surface area contributed by atoms with Gasteiger partial charge in [0.05, 0.1) is 11.1 Å². The molecule has 0 aliphatic rings. The van der Waals surface area contributed by atoms with E-state index in [2.05, 4.69) is 26.2 Å². The van der Waals surface area contributed by atoms with Crippen molar-refractivity contribution in [2.24, 2.45) is 0 Å². The van der Waals surface area contributed by atoms with Crippen LogP contribution in [-0.2, 0) is 24.4 Å². The number of nitrogens with one attached hydrogen (secondary N) is 2. The topological polar surface area (TPSA) is 83.6 Å². The molecule has 1 atom stereocenters. The first-order valence-corrected chi connectivity index (χ1v) is 12.5. The predicted molar refractivity (Wildman–Crippen MR) is 141 cm³/mol. The van der Waals surface area contributed by atoms with Gasteiger partial charge in [-0.25, -0.2) is 0 Å². The van der Waals surface area contributed by atoms with E-state index >= 15 is 0 Å². The molecule has 1 aromatic heterocycles. The number of fused-ring (bicyclic) bond motifs is 1.